The SMILES string of the molecule is Cc1cc(NN)c(C(=O)N(C)c2ccccc2F)cn1. The van der Waals surface area contributed by atoms with Crippen LogP contribution in [-0.4, -0.2) is 17.9 Å². The Morgan fingerprint density at radius 1 is 1.40 bits per heavy atom. The molecule has 0 aliphatic carbocycles. The van der Waals surface area contributed by atoms with Gasteiger partial charge in [-0.2, -0.15) is 0 Å². The van der Waals surface area contributed by atoms with Crippen molar-refractivity contribution in [2.24, 2.45) is 5.84 Å². The van der Waals surface area contributed by atoms with Crippen molar-refractivity contribution in [2.75, 3.05) is 17.4 Å². The van der Waals surface area contributed by atoms with Crippen LogP contribution in [0.2, 0.25) is 0 Å². The van der Waals surface area contributed by atoms with Crippen LogP contribution in [0.25, 0.3) is 0 Å². The van der Waals surface area contributed by atoms with E-state index in [1.54, 1.807) is 25.1 Å². The minimum Gasteiger partial charge on any atom is -0.323 e. The number of carbonyl (C=O) groups excluding carboxylic acids is 1. The fraction of sp³-hybridized carbons (Fsp3) is 0.143. The lowest BCUT2D eigenvalue weighted by molar-refractivity contribution is 0.0992. The van der Waals surface area contributed by atoms with Crippen molar-refractivity contribution < 1.29 is 9.18 Å². The number of para-hydroxylation sites is 1. The summed E-state index contributed by atoms with van der Waals surface area (Å²) in [5, 5.41) is 0. The van der Waals surface area contributed by atoms with Gasteiger partial charge in [-0.1, -0.05) is 12.1 Å². The molecule has 2 aromatic rings. The third kappa shape index (κ3) is 2.60. The normalized spacial score (nSPS) is 10.2. The number of nitrogens with two attached hydrogens (primary N) is 1. The summed E-state index contributed by atoms with van der Waals surface area (Å²) in [5.74, 6) is 4.54. The van der Waals surface area contributed by atoms with Gasteiger partial charge < -0.3 is 10.3 Å². The number of aryl methyl sites for hydroxylation is 1. The van der Waals surface area contributed by atoms with Crippen molar-refractivity contribution in [3.05, 3.63) is 53.6 Å². The molecule has 0 fully saturated rings. The highest BCUT2D eigenvalue weighted by atomic mass is 19.1. The van der Waals surface area contributed by atoms with Gasteiger partial charge in [-0.25, -0.2) is 4.39 Å². The van der Waals surface area contributed by atoms with Crippen molar-refractivity contribution in [3.8, 4) is 0 Å². The first kappa shape index (κ1) is 14.0. The maximum atomic E-state index is 13.7. The van der Waals surface area contributed by atoms with Gasteiger partial charge in [-0.05, 0) is 25.1 Å². The Morgan fingerprint density at radius 3 is 2.75 bits per heavy atom. The fourth-order valence-corrected chi connectivity index (χ4v) is 1.86. The average molecular weight is 274 g/mol. The van der Waals surface area contributed by atoms with Gasteiger partial charge in [0.25, 0.3) is 5.91 Å². The van der Waals surface area contributed by atoms with Crippen molar-refractivity contribution in [1.82, 2.24) is 4.98 Å². The zero-order valence-corrected chi connectivity index (χ0v) is 11.2. The van der Waals surface area contributed by atoms with Gasteiger partial charge in [0.15, 0.2) is 0 Å². The number of amides is 1. The maximum absolute atomic E-state index is 13.7. The van der Waals surface area contributed by atoms with Crippen LogP contribution in [0.3, 0.4) is 0 Å². The van der Waals surface area contributed by atoms with E-state index in [2.05, 4.69) is 10.4 Å². The van der Waals surface area contributed by atoms with Gasteiger partial charge >= 0.3 is 0 Å². The van der Waals surface area contributed by atoms with E-state index in [-0.39, 0.29) is 11.3 Å². The molecule has 0 saturated heterocycles. The molecule has 0 spiro atoms. The highest BCUT2D eigenvalue weighted by Crippen LogP contribution is 2.22. The molecule has 0 bridgehead atoms. The zero-order chi connectivity index (χ0) is 14.7. The Morgan fingerprint density at radius 2 is 2.10 bits per heavy atom. The molecule has 1 aromatic heterocycles. The van der Waals surface area contributed by atoms with E-state index in [9.17, 15) is 9.18 Å². The molecule has 2 rings (SSSR count). The van der Waals surface area contributed by atoms with E-state index in [0.717, 1.165) is 5.69 Å². The van der Waals surface area contributed by atoms with E-state index >= 15 is 0 Å². The lowest BCUT2D eigenvalue weighted by atomic mass is 10.1. The maximum Gasteiger partial charge on any atom is 0.261 e. The predicted molar refractivity (Wildman–Crippen MR) is 75.9 cm³/mol. The standard InChI is InChI=1S/C14H15FN4O/c1-9-7-12(18-16)10(8-17-9)14(20)19(2)13-6-4-3-5-11(13)15/h3-8H,16H2,1-2H3,(H,17,18). The van der Waals surface area contributed by atoms with Crippen LogP contribution < -0.4 is 16.2 Å². The summed E-state index contributed by atoms with van der Waals surface area (Å²) in [7, 11) is 1.50. The molecule has 104 valence electrons. The number of nitrogen functional groups attached to an aromatic ring is 1. The quantitative estimate of drug-likeness (QED) is 0.664. The Balaban J connectivity index is 2.39. The number of hydrazine groups is 1. The number of rotatable bonds is 3. The van der Waals surface area contributed by atoms with Crippen LogP contribution in [-0.2, 0) is 0 Å². The van der Waals surface area contributed by atoms with Gasteiger partial charge in [0.05, 0.1) is 16.9 Å². The van der Waals surface area contributed by atoms with Gasteiger partial charge in [0, 0.05) is 18.9 Å². The molecule has 6 heteroatoms. The van der Waals surface area contributed by atoms with Gasteiger partial charge in [0.2, 0.25) is 0 Å². The largest absolute Gasteiger partial charge is 0.323 e. The predicted octanol–water partition coefficient (Wildman–Crippen LogP) is 2.09. The summed E-state index contributed by atoms with van der Waals surface area (Å²) >= 11 is 0. The van der Waals surface area contributed by atoms with E-state index < -0.39 is 11.7 Å². The average Bonchev–Trinajstić information content (AvgIpc) is 2.46. The molecule has 0 radical (unpaired) electrons. The summed E-state index contributed by atoms with van der Waals surface area (Å²) in [6.07, 6.45) is 1.42. The van der Waals surface area contributed by atoms with Crippen LogP contribution in [0.1, 0.15) is 16.1 Å². The molecule has 0 saturated carbocycles. The second-order valence-corrected chi connectivity index (χ2v) is 4.33. The number of halogens is 1. The van der Waals surface area contributed by atoms with E-state index in [4.69, 9.17) is 5.84 Å². The van der Waals surface area contributed by atoms with E-state index in [1.165, 1.54) is 30.3 Å². The number of aromatic nitrogens is 1. The lowest BCUT2D eigenvalue weighted by Gasteiger charge is -2.19. The number of pyridine rings is 1. The summed E-state index contributed by atoms with van der Waals surface area (Å²) in [5.41, 5.74) is 4.11. The van der Waals surface area contributed by atoms with Crippen LogP contribution in [0.5, 0.6) is 0 Å². The van der Waals surface area contributed by atoms with Crippen molar-refractivity contribution >= 4 is 17.3 Å². The molecule has 1 amide bonds. The highest BCUT2D eigenvalue weighted by Gasteiger charge is 2.19. The summed E-state index contributed by atoms with van der Waals surface area (Å²) in [4.78, 5) is 17.7. The number of nitrogens with one attached hydrogen (secondary N) is 1. The van der Waals surface area contributed by atoms with Crippen LogP contribution in [0.4, 0.5) is 15.8 Å². The minimum absolute atomic E-state index is 0.195. The first-order chi connectivity index (χ1) is 9.54. The highest BCUT2D eigenvalue weighted by molar-refractivity contribution is 6.09. The minimum atomic E-state index is -0.467. The lowest BCUT2D eigenvalue weighted by Crippen LogP contribution is -2.28. The smallest absolute Gasteiger partial charge is 0.261 e. The molecule has 5 nitrogen and oxygen atoms in total. The molecule has 1 aromatic carbocycles. The van der Waals surface area contributed by atoms with Crippen LogP contribution in [0.15, 0.2) is 36.5 Å². The van der Waals surface area contributed by atoms with E-state index in [0.29, 0.717) is 5.69 Å². The van der Waals surface area contributed by atoms with Crippen molar-refractivity contribution in [3.63, 3.8) is 0 Å². The first-order valence-corrected chi connectivity index (χ1v) is 6.00. The van der Waals surface area contributed by atoms with E-state index in [1.807, 2.05) is 0 Å². The summed E-state index contributed by atoms with van der Waals surface area (Å²) in [6.45, 7) is 1.79. The summed E-state index contributed by atoms with van der Waals surface area (Å²) in [6, 6.07) is 7.72. The number of anilines is 2. The third-order valence-corrected chi connectivity index (χ3v) is 2.95. The molecule has 0 aliphatic rings. The molecule has 3 N–H and O–H groups in total. The molecule has 20 heavy (non-hydrogen) atoms. The Bertz CT molecular complexity index is 645. The van der Waals surface area contributed by atoms with Crippen LogP contribution >= 0.6 is 0 Å². The second-order valence-electron chi connectivity index (χ2n) is 4.33. The number of hydrogen-bond acceptors (Lipinski definition) is 4. The molecule has 1 heterocycles. The molecule has 0 atom stereocenters. The summed E-state index contributed by atoms with van der Waals surface area (Å²) < 4.78 is 13.7. The van der Waals surface area contributed by atoms with Crippen molar-refractivity contribution in [1.29, 1.82) is 0 Å². The second kappa shape index (κ2) is 5.66. The van der Waals surface area contributed by atoms with Crippen LogP contribution in [0, 0.1) is 12.7 Å². The zero-order valence-electron chi connectivity index (χ0n) is 11.2. The molecule has 0 aliphatic heterocycles. The Hall–Kier alpha value is -2.47. The van der Waals surface area contributed by atoms with Crippen molar-refractivity contribution in [2.45, 2.75) is 6.92 Å². The molecular weight excluding hydrogens is 259 g/mol. The fourth-order valence-electron chi connectivity index (χ4n) is 1.86. The van der Waals surface area contributed by atoms with Gasteiger partial charge in [-0.3, -0.25) is 15.6 Å². The topological polar surface area (TPSA) is 71.2 Å². The third-order valence-electron chi connectivity index (χ3n) is 2.95. The Kier molecular flexibility index (Phi) is 3.95. The number of hydrogen-bond donors (Lipinski definition) is 2. The molecular formula is C14H15FN4O. The number of carbonyl (C=O) groups is 1. The number of benzene rings is 1. The first-order valence-electron chi connectivity index (χ1n) is 6.00. The Labute approximate surface area is 116 Å². The number of nitrogens with zero attached hydrogens (tertiary/aromatic N) is 2. The monoisotopic (exact) mass is 274 g/mol. The molecule has 0 unspecified atom stereocenters. The van der Waals surface area contributed by atoms with Gasteiger partial charge in [0.1, 0.15) is 5.82 Å². The van der Waals surface area contributed by atoms with Gasteiger partial charge in [-0.15, -0.1) is 0 Å².